The Kier molecular flexibility index (Phi) is 3.91. The lowest BCUT2D eigenvalue weighted by Gasteiger charge is -2.23. The van der Waals surface area contributed by atoms with Crippen molar-refractivity contribution in [3.05, 3.63) is 65.2 Å². The predicted molar refractivity (Wildman–Crippen MR) is 113 cm³/mol. The highest BCUT2D eigenvalue weighted by atomic mass is 15.1. The molecule has 5 rings (SSSR count). The maximum Gasteiger partial charge on any atom is 0.157 e. The first-order valence-electron chi connectivity index (χ1n) is 9.70. The number of nitriles is 1. The van der Waals surface area contributed by atoms with E-state index in [2.05, 4.69) is 51.4 Å². The van der Waals surface area contributed by atoms with Crippen LogP contribution in [0.15, 0.2) is 48.5 Å². The summed E-state index contributed by atoms with van der Waals surface area (Å²) in [6, 6.07) is 18.8. The number of aromatic nitrogens is 2. The molecule has 0 unspecified atom stereocenters. The molecule has 0 aliphatic heterocycles. The van der Waals surface area contributed by atoms with Crippen LogP contribution in [0.2, 0.25) is 0 Å². The Hall–Kier alpha value is -3.52. The molecule has 1 aliphatic rings. The third-order valence-electron chi connectivity index (χ3n) is 5.61. The minimum absolute atomic E-state index is 0.724. The lowest BCUT2D eigenvalue weighted by Crippen LogP contribution is -2.13. The number of rotatable bonds is 3. The van der Waals surface area contributed by atoms with E-state index in [4.69, 9.17) is 4.98 Å². The first-order valence-corrected chi connectivity index (χ1v) is 9.70. The lowest BCUT2D eigenvalue weighted by molar-refractivity contribution is 0.682. The summed E-state index contributed by atoms with van der Waals surface area (Å²) in [6.07, 6.45) is 4.17. The van der Waals surface area contributed by atoms with Crippen molar-refractivity contribution in [1.82, 2.24) is 9.38 Å². The molecule has 1 aliphatic carbocycles. The van der Waals surface area contributed by atoms with Gasteiger partial charge in [0.15, 0.2) is 5.65 Å². The van der Waals surface area contributed by atoms with Gasteiger partial charge >= 0.3 is 0 Å². The summed E-state index contributed by atoms with van der Waals surface area (Å²) in [5, 5.41) is 16.7. The Bertz CT molecular complexity index is 1230. The van der Waals surface area contributed by atoms with Crippen molar-refractivity contribution in [2.24, 2.45) is 0 Å². The van der Waals surface area contributed by atoms with Gasteiger partial charge in [-0.25, -0.2) is 4.98 Å². The fraction of sp³-hybridized carbons (Fsp3) is 0.217. The molecule has 0 saturated heterocycles. The van der Waals surface area contributed by atoms with Crippen LogP contribution in [0.25, 0.3) is 16.7 Å². The zero-order valence-electron chi connectivity index (χ0n) is 15.8. The van der Waals surface area contributed by atoms with Gasteiger partial charge in [-0.15, -0.1) is 0 Å². The van der Waals surface area contributed by atoms with Crippen molar-refractivity contribution in [3.8, 4) is 6.07 Å². The third kappa shape index (κ3) is 2.49. The maximum atomic E-state index is 9.92. The van der Waals surface area contributed by atoms with Crippen LogP contribution in [0.4, 0.5) is 17.2 Å². The number of anilines is 3. The summed E-state index contributed by atoms with van der Waals surface area (Å²) in [4.78, 5) is 4.81. The van der Waals surface area contributed by atoms with E-state index < -0.39 is 0 Å². The summed E-state index contributed by atoms with van der Waals surface area (Å²) in [6.45, 7) is 0. The molecule has 138 valence electrons. The van der Waals surface area contributed by atoms with Crippen LogP contribution in [0.1, 0.15) is 29.5 Å². The van der Waals surface area contributed by atoms with Crippen LogP contribution in [0.5, 0.6) is 0 Å². The number of pyridine rings is 1. The van der Waals surface area contributed by atoms with Crippen molar-refractivity contribution in [2.45, 2.75) is 25.7 Å². The molecule has 5 nitrogen and oxygen atoms in total. The van der Waals surface area contributed by atoms with E-state index in [9.17, 15) is 5.26 Å². The van der Waals surface area contributed by atoms with E-state index >= 15 is 0 Å². The molecule has 0 atom stereocenters. The summed E-state index contributed by atoms with van der Waals surface area (Å²) < 4.78 is 2.13. The van der Waals surface area contributed by atoms with Gasteiger partial charge in [0.25, 0.3) is 0 Å². The standard InChI is InChI=1S/C23H21N5/c1-25-15-10-12-16(13-11-15)26-22-18-7-3-2-6-17(18)19(14-24)23-27-20-8-4-5-9-21(20)28(22)23/h4-5,8-13,25-26H,2-3,6-7H2,1H3. The maximum absolute atomic E-state index is 9.92. The summed E-state index contributed by atoms with van der Waals surface area (Å²) in [7, 11) is 1.92. The number of nitrogens with one attached hydrogen (secondary N) is 2. The highest BCUT2D eigenvalue weighted by Gasteiger charge is 2.24. The molecule has 0 amide bonds. The normalized spacial score (nSPS) is 13.3. The predicted octanol–water partition coefficient (Wildman–Crippen LogP) is 5.02. The molecule has 2 heterocycles. The van der Waals surface area contributed by atoms with Crippen molar-refractivity contribution >= 4 is 33.9 Å². The average molecular weight is 367 g/mol. The molecular formula is C23H21N5. The minimum atomic E-state index is 0.724. The van der Waals surface area contributed by atoms with Crippen LogP contribution in [-0.2, 0) is 12.8 Å². The first kappa shape index (κ1) is 16.6. The van der Waals surface area contributed by atoms with Gasteiger partial charge in [-0.3, -0.25) is 4.40 Å². The fourth-order valence-corrected chi connectivity index (χ4v) is 4.24. The van der Waals surface area contributed by atoms with E-state index in [1.165, 1.54) is 5.56 Å². The minimum Gasteiger partial charge on any atom is -0.388 e. The Morgan fingerprint density at radius 1 is 0.964 bits per heavy atom. The van der Waals surface area contributed by atoms with Crippen LogP contribution in [-0.4, -0.2) is 16.4 Å². The Labute approximate surface area is 163 Å². The second kappa shape index (κ2) is 6.58. The zero-order chi connectivity index (χ0) is 19.1. The van der Waals surface area contributed by atoms with Gasteiger partial charge in [0.2, 0.25) is 0 Å². The van der Waals surface area contributed by atoms with Gasteiger partial charge in [-0.05, 0) is 73.2 Å². The molecule has 0 bridgehead atoms. The average Bonchev–Trinajstić information content (AvgIpc) is 3.13. The number of nitrogens with zero attached hydrogens (tertiary/aromatic N) is 3. The van der Waals surface area contributed by atoms with Crippen LogP contribution in [0, 0.1) is 11.3 Å². The fourth-order valence-electron chi connectivity index (χ4n) is 4.24. The van der Waals surface area contributed by atoms with Crippen molar-refractivity contribution in [1.29, 1.82) is 5.26 Å². The van der Waals surface area contributed by atoms with Crippen molar-refractivity contribution in [3.63, 3.8) is 0 Å². The molecule has 0 spiro atoms. The molecule has 4 aromatic rings. The number of imidazole rings is 1. The van der Waals surface area contributed by atoms with E-state index in [-0.39, 0.29) is 0 Å². The van der Waals surface area contributed by atoms with Gasteiger partial charge in [0.05, 0.1) is 16.6 Å². The molecule has 5 heteroatoms. The van der Waals surface area contributed by atoms with Gasteiger partial charge in [0, 0.05) is 18.4 Å². The molecule has 0 radical (unpaired) electrons. The second-order valence-electron chi connectivity index (χ2n) is 7.21. The number of para-hydroxylation sites is 2. The van der Waals surface area contributed by atoms with Gasteiger partial charge in [-0.2, -0.15) is 5.26 Å². The lowest BCUT2D eigenvalue weighted by atomic mass is 9.89. The summed E-state index contributed by atoms with van der Waals surface area (Å²) in [5.41, 5.74) is 7.91. The number of hydrogen-bond donors (Lipinski definition) is 2. The Balaban J connectivity index is 1.81. The largest absolute Gasteiger partial charge is 0.388 e. The topological polar surface area (TPSA) is 65.1 Å². The highest BCUT2D eigenvalue weighted by Crippen LogP contribution is 2.36. The molecular weight excluding hydrogens is 346 g/mol. The number of benzene rings is 2. The molecule has 0 fully saturated rings. The smallest absolute Gasteiger partial charge is 0.157 e. The van der Waals surface area contributed by atoms with Gasteiger partial charge < -0.3 is 10.6 Å². The van der Waals surface area contributed by atoms with Crippen LogP contribution >= 0.6 is 0 Å². The highest BCUT2D eigenvalue weighted by molar-refractivity contribution is 5.87. The van der Waals surface area contributed by atoms with E-state index in [0.717, 1.165) is 70.7 Å². The zero-order valence-corrected chi connectivity index (χ0v) is 15.8. The van der Waals surface area contributed by atoms with Crippen LogP contribution in [0.3, 0.4) is 0 Å². The number of fused-ring (bicyclic) bond motifs is 4. The van der Waals surface area contributed by atoms with Gasteiger partial charge in [0.1, 0.15) is 11.9 Å². The third-order valence-corrected chi connectivity index (χ3v) is 5.61. The summed E-state index contributed by atoms with van der Waals surface area (Å²) >= 11 is 0. The van der Waals surface area contributed by atoms with E-state index in [0.29, 0.717) is 0 Å². The number of hydrogen-bond acceptors (Lipinski definition) is 4. The van der Waals surface area contributed by atoms with Crippen LogP contribution < -0.4 is 10.6 Å². The molecule has 28 heavy (non-hydrogen) atoms. The monoisotopic (exact) mass is 367 g/mol. The van der Waals surface area contributed by atoms with Crippen molar-refractivity contribution < 1.29 is 0 Å². The first-order chi connectivity index (χ1) is 13.8. The van der Waals surface area contributed by atoms with Gasteiger partial charge in [-0.1, -0.05) is 12.1 Å². The molecule has 2 aromatic carbocycles. The van der Waals surface area contributed by atoms with Crippen molar-refractivity contribution in [2.75, 3.05) is 17.7 Å². The molecule has 2 N–H and O–H groups in total. The molecule has 0 saturated carbocycles. The Morgan fingerprint density at radius 3 is 2.43 bits per heavy atom. The quantitative estimate of drug-likeness (QED) is 0.533. The second-order valence-corrected chi connectivity index (χ2v) is 7.21. The van der Waals surface area contributed by atoms with E-state index in [1.54, 1.807) is 0 Å². The Morgan fingerprint density at radius 2 is 1.68 bits per heavy atom. The molecule has 2 aromatic heterocycles. The SMILES string of the molecule is CNc1ccc(Nc2c3c(c(C#N)c4nc5ccccc5n24)CCCC3)cc1. The van der Waals surface area contributed by atoms with E-state index in [1.807, 2.05) is 25.2 Å². The summed E-state index contributed by atoms with van der Waals surface area (Å²) in [5.74, 6) is 1.04.